The van der Waals surface area contributed by atoms with Crippen molar-refractivity contribution in [3.05, 3.63) is 103 Å². The van der Waals surface area contributed by atoms with Gasteiger partial charge in [-0.25, -0.2) is 0 Å². The van der Waals surface area contributed by atoms with Crippen LogP contribution in [0.1, 0.15) is 30.5 Å². The Morgan fingerprint density at radius 3 is 2.50 bits per heavy atom. The Hall–Kier alpha value is -3.62. The Morgan fingerprint density at radius 2 is 1.79 bits per heavy atom. The molecule has 34 heavy (non-hydrogen) atoms. The molecule has 2 aromatic heterocycles. The number of thiocarbonyl (C=S) groups is 1. The van der Waals surface area contributed by atoms with Gasteiger partial charge in [0.2, 0.25) is 5.91 Å². The van der Waals surface area contributed by atoms with E-state index in [1.807, 2.05) is 77.7 Å². The number of aromatic nitrogens is 1. The second-order valence-electron chi connectivity index (χ2n) is 7.80. The van der Waals surface area contributed by atoms with Crippen LogP contribution in [0, 0.1) is 0 Å². The highest BCUT2D eigenvalue weighted by atomic mass is 32.2. The first kappa shape index (κ1) is 22.2. The van der Waals surface area contributed by atoms with Crippen molar-refractivity contribution in [2.45, 2.75) is 29.0 Å². The van der Waals surface area contributed by atoms with Gasteiger partial charge in [0.05, 0.1) is 11.7 Å². The van der Waals surface area contributed by atoms with Gasteiger partial charge in [-0.3, -0.25) is 9.78 Å². The first-order chi connectivity index (χ1) is 16.6. The van der Waals surface area contributed by atoms with Gasteiger partial charge in [0.25, 0.3) is 0 Å². The molecular formula is C26H22N4O2S2. The van der Waals surface area contributed by atoms with Crippen molar-refractivity contribution >= 4 is 46.4 Å². The van der Waals surface area contributed by atoms with E-state index in [9.17, 15) is 4.79 Å². The Labute approximate surface area is 207 Å². The highest BCUT2D eigenvalue weighted by Crippen LogP contribution is 2.43. The number of nitrogens with zero attached hydrogens (tertiary/aromatic N) is 2. The van der Waals surface area contributed by atoms with Crippen molar-refractivity contribution in [2.75, 3.05) is 10.2 Å². The fourth-order valence-electron chi connectivity index (χ4n) is 3.98. The van der Waals surface area contributed by atoms with E-state index in [1.165, 1.54) is 6.92 Å². The molecule has 1 aliphatic heterocycles. The lowest BCUT2D eigenvalue weighted by molar-refractivity contribution is -0.114. The average molecular weight is 487 g/mol. The highest BCUT2D eigenvalue weighted by Gasteiger charge is 2.42. The number of amides is 1. The normalized spacial score (nSPS) is 17.4. The van der Waals surface area contributed by atoms with Gasteiger partial charge in [-0.05, 0) is 72.9 Å². The number of nitrogens with one attached hydrogen (secondary N) is 2. The van der Waals surface area contributed by atoms with Crippen LogP contribution < -0.4 is 15.5 Å². The van der Waals surface area contributed by atoms with Crippen molar-refractivity contribution in [1.29, 1.82) is 0 Å². The van der Waals surface area contributed by atoms with Gasteiger partial charge in [-0.1, -0.05) is 36.0 Å². The lowest BCUT2D eigenvalue weighted by Crippen LogP contribution is -2.29. The van der Waals surface area contributed by atoms with E-state index in [0.717, 1.165) is 32.8 Å². The number of carbonyl (C=O) groups is 1. The zero-order valence-corrected chi connectivity index (χ0v) is 20.0. The molecule has 1 saturated heterocycles. The summed E-state index contributed by atoms with van der Waals surface area (Å²) >= 11 is 7.34. The van der Waals surface area contributed by atoms with Crippen LogP contribution >= 0.6 is 24.0 Å². The molecule has 0 spiro atoms. The molecule has 0 bridgehead atoms. The molecule has 2 N–H and O–H groups in total. The quantitative estimate of drug-likeness (QED) is 0.326. The Balaban J connectivity index is 1.50. The van der Waals surface area contributed by atoms with Crippen molar-refractivity contribution < 1.29 is 9.21 Å². The van der Waals surface area contributed by atoms with E-state index >= 15 is 0 Å². The summed E-state index contributed by atoms with van der Waals surface area (Å²) in [7, 11) is 0. The maximum absolute atomic E-state index is 11.4. The van der Waals surface area contributed by atoms with Crippen molar-refractivity contribution in [3.8, 4) is 0 Å². The molecule has 3 heterocycles. The van der Waals surface area contributed by atoms with E-state index in [1.54, 1.807) is 18.0 Å². The van der Waals surface area contributed by atoms with Crippen LogP contribution in [0.5, 0.6) is 0 Å². The van der Waals surface area contributed by atoms with E-state index in [4.69, 9.17) is 16.6 Å². The maximum atomic E-state index is 11.4. The summed E-state index contributed by atoms with van der Waals surface area (Å²) in [6.07, 6.45) is 1.78. The zero-order valence-electron chi connectivity index (χ0n) is 18.3. The minimum Gasteiger partial charge on any atom is -0.452 e. The predicted molar refractivity (Wildman–Crippen MR) is 138 cm³/mol. The molecule has 2 atom stereocenters. The maximum Gasteiger partial charge on any atom is 0.221 e. The van der Waals surface area contributed by atoms with Gasteiger partial charge < -0.3 is 20.0 Å². The number of benzene rings is 2. The van der Waals surface area contributed by atoms with Crippen LogP contribution in [0.4, 0.5) is 11.4 Å². The van der Waals surface area contributed by atoms with E-state index in [0.29, 0.717) is 5.11 Å². The molecule has 0 unspecified atom stereocenters. The molecule has 6 nitrogen and oxygen atoms in total. The fraction of sp³-hybridized carbons (Fsp3) is 0.115. The van der Waals surface area contributed by atoms with Gasteiger partial charge >= 0.3 is 0 Å². The van der Waals surface area contributed by atoms with Crippen molar-refractivity contribution in [1.82, 2.24) is 10.3 Å². The second-order valence-corrected chi connectivity index (χ2v) is 9.26. The Morgan fingerprint density at radius 1 is 1.03 bits per heavy atom. The summed E-state index contributed by atoms with van der Waals surface area (Å²) in [6, 6.07) is 27.1. The SMILES string of the molecule is CC(=O)Nc1ccc(N2C(=S)N[C@H](c3ccccn3)[C@@H]2c2ccc(Sc3ccccc3)o2)cc1. The molecule has 8 heteroatoms. The van der Waals surface area contributed by atoms with Crippen LogP contribution in [-0.4, -0.2) is 16.0 Å². The number of anilines is 2. The first-order valence-electron chi connectivity index (χ1n) is 10.8. The number of hydrogen-bond donors (Lipinski definition) is 2. The molecule has 1 aliphatic rings. The lowest BCUT2D eigenvalue weighted by Gasteiger charge is -2.26. The van der Waals surface area contributed by atoms with Gasteiger partial charge in [0, 0.05) is 29.4 Å². The zero-order chi connectivity index (χ0) is 23.5. The third kappa shape index (κ3) is 4.69. The molecule has 0 radical (unpaired) electrons. The summed E-state index contributed by atoms with van der Waals surface area (Å²) < 4.78 is 6.34. The molecule has 2 aromatic carbocycles. The van der Waals surface area contributed by atoms with Crippen LogP contribution in [0.25, 0.3) is 0 Å². The largest absolute Gasteiger partial charge is 0.452 e. The van der Waals surface area contributed by atoms with E-state index < -0.39 is 0 Å². The standard InChI is InChI=1S/C26H22N4O2S2/c1-17(31)28-18-10-12-19(13-11-18)30-25(24(29-26(30)33)21-9-5-6-16-27-21)22-14-15-23(32-22)34-20-7-3-2-4-8-20/h2-16,24-25H,1H3,(H,28,31)(H,29,33)/t24-,25+/m1/s1. The third-order valence-electron chi connectivity index (χ3n) is 5.42. The fourth-order valence-corrected chi connectivity index (χ4v) is 5.13. The third-order valence-corrected chi connectivity index (χ3v) is 6.66. The molecule has 0 saturated carbocycles. The summed E-state index contributed by atoms with van der Waals surface area (Å²) in [6.45, 7) is 1.49. The van der Waals surface area contributed by atoms with Crippen LogP contribution in [-0.2, 0) is 4.79 Å². The van der Waals surface area contributed by atoms with Crippen molar-refractivity contribution in [3.63, 3.8) is 0 Å². The summed E-state index contributed by atoms with van der Waals surface area (Å²) in [4.78, 5) is 19.1. The van der Waals surface area contributed by atoms with Gasteiger partial charge in [-0.15, -0.1) is 0 Å². The van der Waals surface area contributed by atoms with Gasteiger partial charge in [0.15, 0.2) is 10.2 Å². The van der Waals surface area contributed by atoms with Crippen LogP contribution in [0.15, 0.2) is 106 Å². The molecule has 5 rings (SSSR count). The van der Waals surface area contributed by atoms with Gasteiger partial charge in [0.1, 0.15) is 11.8 Å². The van der Waals surface area contributed by atoms with Crippen LogP contribution in [0.3, 0.4) is 0 Å². The molecule has 4 aromatic rings. The van der Waals surface area contributed by atoms with Crippen LogP contribution in [0.2, 0.25) is 0 Å². The number of hydrogen-bond acceptors (Lipinski definition) is 5. The number of rotatable bonds is 6. The summed E-state index contributed by atoms with van der Waals surface area (Å²) in [5.41, 5.74) is 2.50. The highest BCUT2D eigenvalue weighted by molar-refractivity contribution is 7.99. The summed E-state index contributed by atoms with van der Waals surface area (Å²) in [5, 5.41) is 7.62. The van der Waals surface area contributed by atoms with E-state index in [2.05, 4.69) is 27.8 Å². The number of pyridine rings is 1. The smallest absolute Gasteiger partial charge is 0.221 e. The van der Waals surface area contributed by atoms with Gasteiger partial charge in [-0.2, -0.15) is 0 Å². The molecular weight excluding hydrogens is 464 g/mol. The number of carbonyl (C=O) groups excluding carboxylic acids is 1. The number of furan rings is 1. The molecule has 1 fully saturated rings. The topological polar surface area (TPSA) is 70.4 Å². The summed E-state index contributed by atoms with van der Waals surface area (Å²) in [5.74, 6) is 0.672. The van der Waals surface area contributed by atoms with Crippen molar-refractivity contribution in [2.24, 2.45) is 0 Å². The Bertz CT molecular complexity index is 1290. The van der Waals surface area contributed by atoms with E-state index in [-0.39, 0.29) is 18.0 Å². The first-order valence-corrected chi connectivity index (χ1v) is 12.0. The predicted octanol–water partition coefficient (Wildman–Crippen LogP) is 5.96. The monoisotopic (exact) mass is 486 g/mol. The molecule has 1 amide bonds. The second kappa shape index (κ2) is 9.70. The average Bonchev–Trinajstić information content (AvgIpc) is 3.44. The molecule has 0 aliphatic carbocycles. The Kier molecular flexibility index (Phi) is 6.33. The minimum atomic E-state index is -0.237. The lowest BCUT2D eigenvalue weighted by atomic mass is 10.0. The molecule has 170 valence electrons. The minimum absolute atomic E-state index is 0.113.